The molecule has 1 amide bonds. The van der Waals surface area contributed by atoms with Crippen molar-refractivity contribution in [3.8, 4) is 0 Å². The van der Waals surface area contributed by atoms with Gasteiger partial charge in [-0.1, -0.05) is 12.1 Å². The SMILES string of the molecule is CC(C)(C)OC(=O)N[C@H]1CNC[C@H]1c1ccc(F)cc1. The van der Waals surface area contributed by atoms with Crippen molar-refractivity contribution < 1.29 is 13.9 Å². The van der Waals surface area contributed by atoms with Gasteiger partial charge in [0.15, 0.2) is 0 Å². The van der Waals surface area contributed by atoms with Crippen molar-refractivity contribution in [3.05, 3.63) is 35.6 Å². The first-order valence-corrected chi connectivity index (χ1v) is 6.81. The normalized spacial score (nSPS) is 22.6. The molecule has 20 heavy (non-hydrogen) atoms. The van der Waals surface area contributed by atoms with E-state index in [0.29, 0.717) is 6.54 Å². The molecule has 0 saturated carbocycles. The number of carbonyl (C=O) groups is 1. The molecule has 2 atom stereocenters. The summed E-state index contributed by atoms with van der Waals surface area (Å²) in [5, 5.41) is 6.12. The van der Waals surface area contributed by atoms with Crippen LogP contribution < -0.4 is 10.6 Å². The topological polar surface area (TPSA) is 50.4 Å². The number of halogens is 1. The number of hydrogen-bond acceptors (Lipinski definition) is 3. The molecule has 2 rings (SSSR count). The van der Waals surface area contributed by atoms with Crippen LogP contribution in [-0.2, 0) is 4.74 Å². The Morgan fingerprint density at radius 3 is 2.55 bits per heavy atom. The maximum Gasteiger partial charge on any atom is 0.407 e. The van der Waals surface area contributed by atoms with Crippen molar-refractivity contribution in [1.29, 1.82) is 0 Å². The van der Waals surface area contributed by atoms with E-state index >= 15 is 0 Å². The Kier molecular flexibility index (Phi) is 4.28. The van der Waals surface area contributed by atoms with Gasteiger partial charge in [0.2, 0.25) is 0 Å². The molecule has 0 unspecified atom stereocenters. The van der Waals surface area contributed by atoms with E-state index in [-0.39, 0.29) is 17.8 Å². The molecule has 2 N–H and O–H groups in total. The summed E-state index contributed by atoms with van der Waals surface area (Å²) in [5.41, 5.74) is 0.499. The van der Waals surface area contributed by atoms with E-state index in [4.69, 9.17) is 4.74 Å². The first-order valence-electron chi connectivity index (χ1n) is 6.81. The molecule has 4 nitrogen and oxygen atoms in total. The van der Waals surface area contributed by atoms with Gasteiger partial charge < -0.3 is 15.4 Å². The van der Waals surface area contributed by atoms with Gasteiger partial charge in [-0.15, -0.1) is 0 Å². The van der Waals surface area contributed by atoms with E-state index in [1.54, 1.807) is 12.1 Å². The van der Waals surface area contributed by atoms with Crippen LogP contribution >= 0.6 is 0 Å². The Labute approximate surface area is 118 Å². The summed E-state index contributed by atoms with van der Waals surface area (Å²) in [7, 11) is 0. The third-order valence-electron chi connectivity index (χ3n) is 3.21. The van der Waals surface area contributed by atoms with Gasteiger partial charge in [0.25, 0.3) is 0 Å². The van der Waals surface area contributed by atoms with Crippen molar-refractivity contribution >= 4 is 6.09 Å². The molecule has 0 bridgehead atoms. The van der Waals surface area contributed by atoms with Gasteiger partial charge in [0.1, 0.15) is 11.4 Å². The molecule has 1 aliphatic rings. The highest BCUT2D eigenvalue weighted by molar-refractivity contribution is 5.68. The molecule has 110 valence electrons. The van der Waals surface area contributed by atoms with E-state index < -0.39 is 11.7 Å². The molecular formula is C15H21FN2O2. The molecule has 0 aromatic heterocycles. The predicted molar refractivity (Wildman–Crippen MR) is 75.2 cm³/mol. The molecule has 1 fully saturated rings. The zero-order valence-corrected chi connectivity index (χ0v) is 12.1. The van der Waals surface area contributed by atoms with E-state index in [9.17, 15) is 9.18 Å². The highest BCUT2D eigenvalue weighted by atomic mass is 19.1. The summed E-state index contributed by atoms with van der Waals surface area (Å²) in [6, 6.07) is 6.36. The fourth-order valence-corrected chi connectivity index (χ4v) is 2.35. The van der Waals surface area contributed by atoms with Gasteiger partial charge in [-0.25, -0.2) is 9.18 Å². The van der Waals surface area contributed by atoms with Crippen LogP contribution in [0.1, 0.15) is 32.3 Å². The molecule has 1 aromatic rings. The maximum atomic E-state index is 13.0. The maximum absolute atomic E-state index is 13.0. The Morgan fingerprint density at radius 2 is 1.95 bits per heavy atom. The Balaban J connectivity index is 2.00. The second kappa shape index (κ2) is 5.79. The zero-order valence-electron chi connectivity index (χ0n) is 12.1. The molecule has 1 heterocycles. The van der Waals surface area contributed by atoms with E-state index in [2.05, 4.69) is 10.6 Å². The lowest BCUT2D eigenvalue weighted by Crippen LogP contribution is -2.42. The number of carbonyl (C=O) groups excluding carboxylic acids is 1. The number of ether oxygens (including phenoxy) is 1. The average Bonchev–Trinajstić information content (AvgIpc) is 2.75. The van der Waals surface area contributed by atoms with Crippen LogP contribution in [0.4, 0.5) is 9.18 Å². The second-order valence-corrected chi connectivity index (χ2v) is 6.07. The summed E-state index contributed by atoms with van der Waals surface area (Å²) >= 11 is 0. The highest BCUT2D eigenvalue weighted by Gasteiger charge is 2.31. The lowest BCUT2D eigenvalue weighted by Gasteiger charge is -2.24. The minimum atomic E-state index is -0.512. The van der Waals surface area contributed by atoms with Crippen molar-refractivity contribution in [2.24, 2.45) is 0 Å². The standard InChI is InChI=1S/C15H21FN2O2/c1-15(2,3)20-14(19)18-13-9-17-8-12(13)10-4-6-11(16)7-5-10/h4-7,12-13,17H,8-9H2,1-3H3,(H,18,19)/t12-,13-/m0/s1. The molecule has 0 radical (unpaired) electrons. The van der Waals surface area contributed by atoms with Gasteiger partial charge in [-0.05, 0) is 38.5 Å². The van der Waals surface area contributed by atoms with Crippen molar-refractivity contribution in [1.82, 2.24) is 10.6 Å². The summed E-state index contributed by atoms with van der Waals surface area (Å²) in [6.07, 6.45) is -0.418. The molecule has 1 aromatic carbocycles. The van der Waals surface area contributed by atoms with Gasteiger partial charge in [0.05, 0.1) is 6.04 Å². The minimum Gasteiger partial charge on any atom is -0.444 e. The first-order chi connectivity index (χ1) is 9.35. The summed E-state index contributed by atoms with van der Waals surface area (Å²) in [6.45, 7) is 6.93. The number of alkyl carbamates (subject to hydrolysis) is 1. The Bertz CT molecular complexity index is 468. The van der Waals surface area contributed by atoms with Crippen LogP contribution in [0.25, 0.3) is 0 Å². The van der Waals surface area contributed by atoms with Gasteiger partial charge >= 0.3 is 6.09 Å². The van der Waals surface area contributed by atoms with Crippen molar-refractivity contribution in [3.63, 3.8) is 0 Å². The van der Waals surface area contributed by atoms with Crippen LogP contribution in [0.15, 0.2) is 24.3 Å². The summed E-state index contributed by atoms with van der Waals surface area (Å²) in [5.74, 6) is -0.125. The van der Waals surface area contributed by atoms with E-state index in [1.807, 2.05) is 20.8 Å². The number of rotatable bonds is 2. The van der Waals surface area contributed by atoms with Crippen molar-refractivity contribution in [2.75, 3.05) is 13.1 Å². The average molecular weight is 280 g/mol. The van der Waals surface area contributed by atoms with Crippen molar-refractivity contribution in [2.45, 2.75) is 38.3 Å². The Morgan fingerprint density at radius 1 is 1.30 bits per heavy atom. The fourth-order valence-electron chi connectivity index (χ4n) is 2.35. The second-order valence-electron chi connectivity index (χ2n) is 6.07. The number of amides is 1. The third-order valence-corrected chi connectivity index (χ3v) is 3.21. The van der Waals surface area contributed by atoms with Crippen LogP contribution in [0.2, 0.25) is 0 Å². The lowest BCUT2D eigenvalue weighted by atomic mass is 9.94. The van der Waals surface area contributed by atoms with Crippen LogP contribution in [-0.4, -0.2) is 30.8 Å². The summed E-state index contributed by atoms with van der Waals surface area (Å²) < 4.78 is 18.2. The number of benzene rings is 1. The first kappa shape index (κ1) is 14.8. The predicted octanol–water partition coefficient (Wildman–Crippen LogP) is 2.41. The van der Waals surface area contributed by atoms with Crippen LogP contribution in [0.3, 0.4) is 0 Å². The van der Waals surface area contributed by atoms with Gasteiger partial charge in [0, 0.05) is 19.0 Å². The molecule has 1 aliphatic heterocycles. The quantitative estimate of drug-likeness (QED) is 0.874. The van der Waals surface area contributed by atoms with E-state index in [0.717, 1.165) is 12.1 Å². The smallest absolute Gasteiger partial charge is 0.407 e. The largest absolute Gasteiger partial charge is 0.444 e. The monoisotopic (exact) mass is 280 g/mol. The number of hydrogen-bond donors (Lipinski definition) is 2. The van der Waals surface area contributed by atoms with Crippen LogP contribution in [0.5, 0.6) is 0 Å². The van der Waals surface area contributed by atoms with Crippen LogP contribution in [0, 0.1) is 5.82 Å². The Hall–Kier alpha value is -1.62. The zero-order chi connectivity index (χ0) is 14.8. The molecular weight excluding hydrogens is 259 g/mol. The lowest BCUT2D eigenvalue weighted by molar-refractivity contribution is 0.0504. The minimum absolute atomic E-state index is 0.0460. The third kappa shape index (κ3) is 3.93. The fraction of sp³-hybridized carbons (Fsp3) is 0.533. The molecule has 0 aliphatic carbocycles. The number of nitrogens with one attached hydrogen (secondary N) is 2. The van der Waals surface area contributed by atoms with E-state index in [1.165, 1.54) is 12.1 Å². The molecule has 0 spiro atoms. The van der Waals surface area contributed by atoms with Gasteiger partial charge in [-0.3, -0.25) is 0 Å². The molecule has 1 saturated heterocycles. The van der Waals surface area contributed by atoms with Gasteiger partial charge in [-0.2, -0.15) is 0 Å². The molecule has 5 heteroatoms. The highest BCUT2D eigenvalue weighted by Crippen LogP contribution is 2.23. The summed E-state index contributed by atoms with van der Waals surface area (Å²) in [4.78, 5) is 11.8.